The molecule has 0 aliphatic carbocycles. The molecule has 0 aliphatic rings. The van der Waals surface area contributed by atoms with E-state index in [9.17, 15) is 4.79 Å². The number of anilines is 1. The largest absolute Gasteiger partial charge is 0.493 e. The fourth-order valence-corrected chi connectivity index (χ4v) is 2.36. The fraction of sp³-hybridized carbons (Fsp3) is 0.350. The quantitative estimate of drug-likeness (QED) is 0.772. The van der Waals surface area contributed by atoms with Crippen LogP contribution in [-0.4, -0.2) is 33.8 Å². The van der Waals surface area contributed by atoms with Gasteiger partial charge in [0.1, 0.15) is 5.75 Å². The van der Waals surface area contributed by atoms with Gasteiger partial charge < -0.3 is 24.3 Å². The number of hydrogen-bond donors (Lipinski definition) is 1. The number of rotatable bonds is 8. The monoisotopic (exact) mass is 359 g/mol. The highest BCUT2D eigenvalue weighted by atomic mass is 16.5. The third-order valence-electron chi connectivity index (χ3n) is 3.63. The van der Waals surface area contributed by atoms with Gasteiger partial charge in [0.25, 0.3) is 5.91 Å². The topological polar surface area (TPSA) is 66.0 Å². The number of nitrogens with one attached hydrogen (secondary N) is 1. The summed E-state index contributed by atoms with van der Waals surface area (Å²) in [6.45, 7) is 4.70. The van der Waals surface area contributed by atoms with Crippen LogP contribution in [0.3, 0.4) is 0 Å². The van der Waals surface area contributed by atoms with E-state index in [-0.39, 0.29) is 5.91 Å². The summed E-state index contributed by atoms with van der Waals surface area (Å²) < 4.78 is 21.7. The van der Waals surface area contributed by atoms with E-state index in [0.29, 0.717) is 46.8 Å². The molecule has 0 saturated heterocycles. The van der Waals surface area contributed by atoms with Gasteiger partial charge in [-0.2, -0.15) is 0 Å². The zero-order chi connectivity index (χ0) is 19.1. The first-order valence-electron chi connectivity index (χ1n) is 8.33. The van der Waals surface area contributed by atoms with Gasteiger partial charge in [-0.15, -0.1) is 0 Å². The number of hydrogen-bond acceptors (Lipinski definition) is 5. The van der Waals surface area contributed by atoms with Crippen LogP contribution in [0.25, 0.3) is 0 Å². The van der Waals surface area contributed by atoms with E-state index in [1.54, 1.807) is 18.2 Å². The van der Waals surface area contributed by atoms with Crippen molar-refractivity contribution in [3.63, 3.8) is 0 Å². The third kappa shape index (κ3) is 4.59. The van der Waals surface area contributed by atoms with Crippen molar-refractivity contribution in [3.8, 4) is 23.0 Å². The molecule has 140 valence electrons. The molecule has 1 amide bonds. The van der Waals surface area contributed by atoms with Gasteiger partial charge in [-0.25, -0.2) is 0 Å². The Bertz CT molecular complexity index is 733. The lowest BCUT2D eigenvalue weighted by Crippen LogP contribution is -2.14. The van der Waals surface area contributed by atoms with Gasteiger partial charge in [-0.1, -0.05) is 26.0 Å². The lowest BCUT2D eigenvalue weighted by molar-refractivity contribution is 0.102. The summed E-state index contributed by atoms with van der Waals surface area (Å²) in [5.74, 6) is 1.98. The van der Waals surface area contributed by atoms with Gasteiger partial charge in [0.15, 0.2) is 11.5 Å². The second kappa shape index (κ2) is 8.99. The Balaban J connectivity index is 2.28. The van der Waals surface area contributed by atoms with Crippen molar-refractivity contribution in [3.05, 3.63) is 42.0 Å². The Morgan fingerprint density at radius 1 is 0.962 bits per heavy atom. The van der Waals surface area contributed by atoms with Crippen molar-refractivity contribution >= 4 is 11.6 Å². The number of carbonyl (C=O) groups excluding carboxylic acids is 1. The molecular weight excluding hydrogens is 334 g/mol. The van der Waals surface area contributed by atoms with Crippen LogP contribution in [0.2, 0.25) is 0 Å². The second-order valence-corrected chi connectivity index (χ2v) is 6.07. The van der Waals surface area contributed by atoms with E-state index < -0.39 is 0 Å². The number of ether oxygens (including phenoxy) is 4. The van der Waals surface area contributed by atoms with Crippen LogP contribution in [0.15, 0.2) is 36.4 Å². The lowest BCUT2D eigenvalue weighted by atomic mass is 10.1. The van der Waals surface area contributed by atoms with Gasteiger partial charge in [-0.3, -0.25) is 4.79 Å². The highest BCUT2D eigenvalue weighted by molar-refractivity contribution is 6.05. The van der Waals surface area contributed by atoms with Gasteiger partial charge in [0.2, 0.25) is 5.75 Å². The minimum absolute atomic E-state index is 0.301. The molecule has 1 N–H and O–H groups in total. The SMILES string of the molecule is COc1cc(C(=O)Nc2ccccc2OCC(C)C)cc(OC)c1OC. The predicted molar refractivity (Wildman–Crippen MR) is 101 cm³/mol. The number of carbonyl (C=O) groups is 1. The van der Waals surface area contributed by atoms with Gasteiger partial charge in [0.05, 0.1) is 33.6 Å². The summed E-state index contributed by atoms with van der Waals surface area (Å²) in [7, 11) is 4.53. The molecule has 0 aromatic heterocycles. The number of para-hydroxylation sites is 2. The van der Waals surface area contributed by atoms with E-state index in [1.807, 2.05) is 18.2 Å². The Morgan fingerprint density at radius 3 is 2.12 bits per heavy atom. The smallest absolute Gasteiger partial charge is 0.256 e. The fourth-order valence-electron chi connectivity index (χ4n) is 2.36. The molecule has 0 radical (unpaired) electrons. The first-order valence-corrected chi connectivity index (χ1v) is 8.33. The van der Waals surface area contributed by atoms with E-state index in [1.165, 1.54) is 21.3 Å². The molecule has 0 spiro atoms. The maximum absolute atomic E-state index is 12.7. The maximum atomic E-state index is 12.7. The zero-order valence-corrected chi connectivity index (χ0v) is 15.8. The normalized spacial score (nSPS) is 10.4. The molecular formula is C20H25NO5. The summed E-state index contributed by atoms with van der Waals surface area (Å²) in [6, 6.07) is 10.5. The molecule has 6 heteroatoms. The molecule has 0 atom stereocenters. The van der Waals surface area contributed by atoms with E-state index in [4.69, 9.17) is 18.9 Å². The van der Waals surface area contributed by atoms with Crippen molar-refractivity contribution in [2.24, 2.45) is 5.92 Å². The Morgan fingerprint density at radius 2 is 1.58 bits per heavy atom. The predicted octanol–water partition coefficient (Wildman–Crippen LogP) is 4.00. The summed E-state index contributed by atoms with van der Waals surface area (Å²) in [5, 5.41) is 2.87. The van der Waals surface area contributed by atoms with Crippen LogP contribution in [0.5, 0.6) is 23.0 Å². The van der Waals surface area contributed by atoms with Crippen molar-refractivity contribution in [2.45, 2.75) is 13.8 Å². The number of amides is 1. The summed E-state index contributed by atoms with van der Waals surface area (Å²) in [5.41, 5.74) is 0.991. The zero-order valence-electron chi connectivity index (χ0n) is 15.8. The minimum atomic E-state index is -0.301. The molecule has 2 rings (SSSR count). The molecule has 2 aromatic carbocycles. The van der Waals surface area contributed by atoms with Gasteiger partial charge in [-0.05, 0) is 30.2 Å². The van der Waals surface area contributed by atoms with Crippen LogP contribution < -0.4 is 24.3 Å². The average Bonchev–Trinajstić information content (AvgIpc) is 2.65. The highest BCUT2D eigenvalue weighted by Gasteiger charge is 2.18. The van der Waals surface area contributed by atoms with Crippen LogP contribution in [0, 0.1) is 5.92 Å². The molecule has 0 saturated carbocycles. The average molecular weight is 359 g/mol. The first kappa shape index (κ1) is 19.4. The molecule has 0 fully saturated rings. The Labute approximate surface area is 154 Å². The van der Waals surface area contributed by atoms with Crippen LogP contribution in [-0.2, 0) is 0 Å². The van der Waals surface area contributed by atoms with Gasteiger partial charge >= 0.3 is 0 Å². The Hall–Kier alpha value is -2.89. The highest BCUT2D eigenvalue weighted by Crippen LogP contribution is 2.38. The summed E-state index contributed by atoms with van der Waals surface area (Å²) >= 11 is 0. The van der Waals surface area contributed by atoms with Crippen LogP contribution >= 0.6 is 0 Å². The molecule has 0 aliphatic heterocycles. The molecule has 0 bridgehead atoms. The minimum Gasteiger partial charge on any atom is -0.493 e. The molecule has 26 heavy (non-hydrogen) atoms. The van der Waals surface area contributed by atoms with Crippen molar-refractivity contribution in [1.29, 1.82) is 0 Å². The van der Waals surface area contributed by atoms with Crippen molar-refractivity contribution in [2.75, 3.05) is 33.3 Å². The van der Waals surface area contributed by atoms with Crippen molar-refractivity contribution in [1.82, 2.24) is 0 Å². The van der Waals surface area contributed by atoms with Gasteiger partial charge in [0, 0.05) is 5.56 Å². The molecule has 2 aromatic rings. The lowest BCUT2D eigenvalue weighted by Gasteiger charge is -2.16. The third-order valence-corrected chi connectivity index (χ3v) is 3.63. The second-order valence-electron chi connectivity index (χ2n) is 6.07. The summed E-state index contributed by atoms with van der Waals surface area (Å²) in [4.78, 5) is 12.7. The first-order chi connectivity index (χ1) is 12.5. The molecule has 0 heterocycles. The molecule has 6 nitrogen and oxygen atoms in total. The van der Waals surface area contributed by atoms with E-state index >= 15 is 0 Å². The van der Waals surface area contributed by atoms with Crippen LogP contribution in [0.4, 0.5) is 5.69 Å². The van der Waals surface area contributed by atoms with E-state index in [0.717, 1.165) is 0 Å². The Kier molecular flexibility index (Phi) is 6.72. The number of methoxy groups -OCH3 is 3. The molecule has 0 unspecified atom stereocenters. The maximum Gasteiger partial charge on any atom is 0.256 e. The van der Waals surface area contributed by atoms with Crippen LogP contribution in [0.1, 0.15) is 24.2 Å². The van der Waals surface area contributed by atoms with Crippen molar-refractivity contribution < 1.29 is 23.7 Å². The van der Waals surface area contributed by atoms with E-state index in [2.05, 4.69) is 19.2 Å². The standard InChI is InChI=1S/C20H25NO5/c1-13(2)12-26-16-9-7-6-8-15(16)21-20(22)14-10-17(23-3)19(25-5)18(11-14)24-4/h6-11,13H,12H2,1-5H3,(H,21,22). The number of benzene rings is 2. The summed E-state index contributed by atoms with van der Waals surface area (Å²) in [6.07, 6.45) is 0.